The number of carbonyl (C=O) groups is 2. The minimum Gasteiger partial charge on any atom is -0.495 e. The van der Waals surface area contributed by atoms with Crippen LogP contribution in [0.25, 0.3) is 0 Å². The Morgan fingerprint density at radius 1 is 1.21 bits per heavy atom. The summed E-state index contributed by atoms with van der Waals surface area (Å²) in [4.78, 5) is 28.1. The van der Waals surface area contributed by atoms with Gasteiger partial charge in [-0.3, -0.25) is 14.5 Å². The van der Waals surface area contributed by atoms with Gasteiger partial charge in [-0.2, -0.15) is 5.26 Å². The van der Waals surface area contributed by atoms with E-state index in [1.54, 1.807) is 24.1 Å². The third-order valence-electron chi connectivity index (χ3n) is 7.40. The van der Waals surface area contributed by atoms with Crippen LogP contribution in [0, 0.1) is 16.7 Å². The highest BCUT2D eigenvalue weighted by atomic mass is 32.2. The van der Waals surface area contributed by atoms with Crippen molar-refractivity contribution >= 4 is 45.6 Å². The van der Waals surface area contributed by atoms with E-state index in [4.69, 9.17) is 10.5 Å². The van der Waals surface area contributed by atoms with E-state index in [1.165, 1.54) is 28.7 Å². The molecule has 2 aliphatic rings. The number of ether oxygens (including phenoxy) is 1. The average Bonchev–Trinajstić information content (AvgIpc) is 3.43. The SMILES string of the molecule is CCc1ccc(C2C(C#N)=C(N)N(c3nnc(SCC(=O)Nc4ccccc4OC)s3)C3=C2C(=O)CC(C)(C)C3)cc1. The molecule has 1 aliphatic carbocycles. The number of anilines is 2. The summed E-state index contributed by atoms with van der Waals surface area (Å²) in [7, 11) is 1.55. The molecule has 3 N–H and O–H groups in total. The summed E-state index contributed by atoms with van der Waals surface area (Å²) in [6.45, 7) is 6.19. The van der Waals surface area contributed by atoms with Gasteiger partial charge >= 0.3 is 0 Å². The minimum absolute atomic E-state index is 0.00296. The zero-order chi connectivity index (χ0) is 30.0. The van der Waals surface area contributed by atoms with Crippen molar-refractivity contribution in [3.63, 3.8) is 0 Å². The Balaban J connectivity index is 1.45. The van der Waals surface area contributed by atoms with Gasteiger partial charge < -0.3 is 15.8 Å². The molecule has 1 atom stereocenters. The molecule has 1 aromatic heterocycles. The molecular formula is C31H32N6O3S2. The number of para-hydroxylation sites is 2. The molecule has 5 rings (SSSR count). The molecule has 1 aliphatic heterocycles. The molecule has 216 valence electrons. The van der Waals surface area contributed by atoms with Gasteiger partial charge in [0.2, 0.25) is 11.0 Å². The number of carbonyl (C=O) groups excluding carboxylic acids is 2. The topological polar surface area (TPSA) is 134 Å². The molecule has 1 amide bonds. The van der Waals surface area contributed by atoms with E-state index in [-0.39, 0.29) is 28.7 Å². The number of nitriles is 1. The number of Topliss-reactive ketones (excluding diaryl/α,β-unsaturated/α-hetero) is 1. The largest absolute Gasteiger partial charge is 0.495 e. The molecule has 9 nitrogen and oxygen atoms in total. The molecule has 0 spiro atoms. The van der Waals surface area contributed by atoms with E-state index in [9.17, 15) is 14.9 Å². The van der Waals surface area contributed by atoms with Crippen LogP contribution in [0.15, 0.2) is 75.5 Å². The van der Waals surface area contributed by atoms with Gasteiger partial charge in [-0.15, -0.1) is 10.2 Å². The first-order chi connectivity index (χ1) is 20.2. The van der Waals surface area contributed by atoms with Crippen molar-refractivity contribution in [3.05, 3.63) is 82.3 Å². The predicted molar refractivity (Wildman–Crippen MR) is 165 cm³/mol. The van der Waals surface area contributed by atoms with Crippen molar-refractivity contribution in [1.29, 1.82) is 5.26 Å². The zero-order valence-electron chi connectivity index (χ0n) is 23.9. The second kappa shape index (κ2) is 12.0. The summed E-state index contributed by atoms with van der Waals surface area (Å²) in [5, 5.41) is 22.3. The Morgan fingerprint density at radius 2 is 1.95 bits per heavy atom. The maximum absolute atomic E-state index is 13.7. The lowest BCUT2D eigenvalue weighted by Gasteiger charge is -2.42. The van der Waals surface area contributed by atoms with Crippen LogP contribution in [0.2, 0.25) is 0 Å². The summed E-state index contributed by atoms with van der Waals surface area (Å²) < 4.78 is 5.87. The lowest BCUT2D eigenvalue weighted by molar-refractivity contribution is -0.118. The smallest absolute Gasteiger partial charge is 0.234 e. The van der Waals surface area contributed by atoms with Crippen LogP contribution in [-0.2, 0) is 16.0 Å². The maximum atomic E-state index is 13.7. The molecule has 0 saturated carbocycles. The van der Waals surface area contributed by atoms with Gasteiger partial charge in [0, 0.05) is 17.7 Å². The number of nitrogens with one attached hydrogen (secondary N) is 1. The van der Waals surface area contributed by atoms with Gasteiger partial charge in [0.1, 0.15) is 11.6 Å². The van der Waals surface area contributed by atoms with Gasteiger partial charge in [0.15, 0.2) is 10.1 Å². The van der Waals surface area contributed by atoms with E-state index >= 15 is 0 Å². The summed E-state index contributed by atoms with van der Waals surface area (Å²) in [5.41, 5.74) is 10.7. The molecule has 0 saturated heterocycles. The van der Waals surface area contributed by atoms with Crippen LogP contribution in [0.5, 0.6) is 5.75 Å². The minimum atomic E-state index is -0.545. The van der Waals surface area contributed by atoms with Gasteiger partial charge in [0.05, 0.1) is 36.1 Å². The highest BCUT2D eigenvalue weighted by Crippen LogP contribution is 2.50. The highest BCUT2D eigenvalue weighted by Gasteiger charge is 2.45. The van der Waals surface area contributed by atoms with Gasteiger partial charge in [-0.05, 0) is 41.5 Å². The molecule has 11 heteroatoms. The van der Waals surface area contributed by atoms with Crippen LogP contribution >= 0.6 is 23.1 Å². The second-order valence-electron chi connectivity index (χ2n) is 11.0. The predicted octanol–water partition coefficient (Wildman–Crippen LogP) is 5.78. The number of aryl methyl sites for hydroxylation is 1. The summed E-state index contributed by atoms with van der Waals surface area (Å²) in [5.74, 6) is 0.166. The number of amides is 1. The number of thioether (sulfide) groups is 1. The van der Waals surface area contributed by atoms with E-state index in [1.807, 2.05) is 36.4 Å². The number of hydrogen-bond acceptors (Lipinski definition) is 10. The Bertz CT molecular complexity index is 1630. The number of hydrogen-bond donors (Lipinski definition) is 2. The number of ketones is 1. The van der Waals surface area contributed by atoms with E-state index < -0.39 is 5.92 Å². The quantitative estimate of drug-likeness (QED) is 0.309. The van der Waals surface area contributed by atoms with E-state index in [0.29, 0.717) is 44.9 Å². The first kappa shape index (κ1) is 29.4. The summed E-state index contributed by atoms with van der Waals surface area (Å²) in [6, 6.07) is 17.5. The molecule has 3 aromatic rings. The number of nitrogens with zero attached hydrogens (tertiary/aromatic N) is 4. The number of nitrogens with two attached hydrogens (primary N) is 1. The number of benzene rings is 2. The average molecular weight is 601 g/mol. The molecule has 2 aromatic carbocycles. The van der Waals surface area contributed by atoms with Crippen LogP contribution in [-0.4, -0.2) is 34.8 Å². The van der Waals surface area contributed by atoms with Crippen LogP contribution in [0.4, 0.5) is 10.8 Å². The fraction of sp³-hybridized carbons (Fsp3) is 0.323. The van der Waals surface area contributed by atoms with Crippen molar-refractivity contribution in [2.75, 3.05) is 23.1 Å². The molecule has 0 bridgehead atoms. The fourth-order valence-electron chi connectivity index (χ4n) is 5.42. The Morgan fingerprint density at radius 3 is 2.64 bits per heavy atom. The summed E-state index contributed by atoms with van der Waals surface area (Å²) >= 11 is 2.51. The van der Waals surface area contributed by atoms with Crippen molar-refractivity contribution < 1.29 is 14.3 Å². The lowest BCUT2D eigenvalue weighted by atomic mass is 9.68. The van der Waals surface area contributed by atoms with Crippen LogP contribution in [0.1, 0.15) is 50.7 Å². The van der Waals surface area contributed by atoms with Crippen molar-refractivity contribution in [2.24, 2.45) is 11.1 Å². The Kier molecular flexibility index (Phi) is 8.38. The molecule has 42 heavy (non-hydrogen) atoms. The van der Waals surface area contributed by atoms with Crippen molar-refractivity contribution in [2.45, 2.75) is 50.3 Å². The molecule has 0 fully saturated rings. The lowest BCUT2D eigenvalue weighted by Crippen LogP contribution is -2.42. The van der Waals surface area contributed by atoms with Crippen molar-refractivity contribution in [3.8, 4) is 11.8 Å². The molecular weight excluding hydrogens is 569 g/mol. The van der Waals surface area contributed by atoms with Gasteiger partial charge in [-0.1, -0.05) is 80.3 Å². The standard InChI is InChI=1S/C31H32N6O3S2/c1-5-18-10-12-19(13-11-18)26-20(16-32)28(33)37(22-14-31(2,3)15-23(38)27(22)26)29-35-36-30(42-29)41-17-25(39)34-21-8-6-7-9-24(21)40-4/h6-13,26H,5,14-15,17,33H2,1-4H3,(H,34,39). The van der Waals surface area contributed by atoms with E-state index in [2.05, 4.69) is 42.4 Å². The van der Waals surface area contributed by atoms with Gasteiger partial charge in [0.25, 0.3) is 0 Å². The third-order valence-corrected chi connectivity index (χ3v) is 9.44. The molecule has 2 heterocycles. The Labute approximate surface area is 253 Å². The van der Waals surface area contributed by atoms with Crippen LogP contribution in [0.3, 0.4) is 0 Å². The van der Waals surface area contributed by atoms with E-state index in [0.717, 1.165) is 17.7 Å². The van der Waals surface area contributed by atoms with Gasteiger partial charge in [-0.25, -0.2) is 0 Å². The monoisotopic (exact) mass is 600 g/mol. The number of methoxy groups -OCH3 is 1. The van der Waals surface area contributed by atoms with Crippen LogP contribution < -0.4 is 20.7 Å². The molecule has 0 radical (unpaired) electrons. The zero-order valence-corrected chi connectivity index (χ0v) is 25.6. The normalized spacial score (nSPS) is 18.0. The fourth-order valence-corrected chi connectivity index (χ4v) is 7.10. The maximum Gasteiger partial charge on any atom is 0.234 e. The Hall–Kier alpha value is -4.14. The molecule has 1 unspecified atom stereocenters. The second-order valence-corrected chi connectivity index (χ2v) is 13.1. The number of allylic oxidation sites excluding steroid dienone is 3. The number of rotatable bonds is 8. The summed E-state index contributed by atoms with van der Waals surface area (Å²) in [6.07, 6.45) is 1.85. The first-order valence-corrected chi connectivity index (χ1v) is 15.4. The number of aromatic nitrogens is 2. The third kappa shape index (κ3) is 5.78. The first-order valence-electron chi connectivity index (χ1n) is 13.6. The highest BCUT2D eigenvalue weighted by molar-refractivity contribution is 8.01. The van der Waals surface area contributed by atoms with Crippen molar-refractivity contribution in [1.82, 2.24) is 10.2 Å².